The van der Waals surface area contributed by atoms with Crippen molar-refractivity contribution in [2.24, 2.45) is 11.3 Å². The lowest BCUT2D eigenvalue weighted by atomic mass is 9.74. The first kappa shape index (κ1) is 14.8. The number of ether oxygens (including phenoxy) is 1. The van der Waals surface area contributed by atoms with Crippen molar-refractivity contribution in [3.05, 3.63) is 0 Å². The van der Waals surface area contributed by atoms with Crippen LogP contribution < -0.4 is 10.6 Å². The van der Waals surface area contributed by atoms with Gasteiger partial charge in [-0.2, -0.15) is 0 Å². The minimum absolute atomic E-state index is 0.105. The summed E-state index contributed by atoms with van der Waals surface area (Å²) < 4.78 is 5.37. The van der Waals surface area contributed by atoms with E-state index in [4.69, 9.17) is 4.74 Å². The Labute approximate surface area is 116 Å². The lowest BCUT2D eigenvalue weighted by Crippen LogP contribution is -2.48. The molecule has 0 aromatic carbocycles. The molecule has 4 heteroatoms. The van der Waals surface area contributed by atoms with Crippen LogP contribution in [0.3, 0.4) is 0 Å². The highest BCUT2D eigenvalue weighted by molar-refractivity contribution is 5.82. The van der Waals surface area contributed by atoms with Gasteiger partial charge in [-0.25, -0.2) is 0 Å². The zero-order valence-corrected chi connectivity index (χ0v) is 12.2. The fourth-order valence-electron chi connectivity index (χ4n) is 3.36. The molecule has 2 aliphatic rings. The fourth-order valence-corrected chi connectivity index (χ4v) is 3.36. The van der Waals surface area contributed by atoms with Gasteiger partial charge in [0.1, 0.15) is 0 Å². The highest BCUT2D eigenvalue weighted by Crippen LogP contribution is 2.34. The number of piperidine rings is 1. The zero-order valence-electron chi connectivity index (χ0n) is 12.2. The Bertz CT molecular complexity index is 276. The molecule has 2 heterocycles. The Kier molecular flexibility index (Phi) is 5.64. The van der Waals surface area contributed by atoms with Crippen LogP contribution in [-0.2, 0) is 9.53 Å². The molecule has 2 aliphatic heterocycles. The number of carbonyl (C=O) groups is 1. The maximum Gasteiger partial charge on any atom is 0.226 e. The molecular formula is C15H28N2O2. The summed E-state index contributed by atoms with van der Waals surface area (Å²) in [6.45, 7) is 6.70. The molecule has 1 unspecified atom stereocenters. The second-order valence-corrected chi connectivity index (χ2v) is 6.05. The average Bonchev–Trinajstić information content (AvgIpc) is 2.93. The van der Waals surface area contributed by atoms with Crippen molar-refractivity contribution >= 4 is 5.91 Å². The van der Waals surface area contributed by atoms with E-state index in [2.05, 4.69) is 17.6 Å². The van der Waals surface area contributed by atoms with Crippen molar-refractivity contribution in [3.63, 3.8) is 0 Å². The van der Waals surface area contributed by atoms with E-state index < -0.39 is 0 Å². The first-order chi connectivity index (χ1) is 9.27. The van der Waals surface area contributed by atoms with Crippen LogP contribution in [0, 0.1) is 11.3 Å². The Balaban J connectivity index is 1.78. The van der Waals surface area contributed by atoms with Crippen molar-refractivity contribution in [2.75, 3.05) is 32.8 Å². The fraction of sp³-hybridized carbons (Fsp3) is 0.933. The monoisotopic (exact) mass is 268 g/mol. The molecule has 2 saturated heterocycles. The maximum absolute atomic E-state index is 12.5. The third kappa shape index (κ3) is 3.93. The predicted molar refractivity (Wildman–Crippen MR) is 76.0 cm³/mol. The molecule has 2 rings (SSSR count). The average molecular weight is 268 g/mol. The number of amides is 1. The lowest BCUT2D eigenvalue weighted by Gasteiger charge is -2.36. The molecule has 0 aromatic heterocycles. The van der Waals surface area contributed by atoms with Gasteiger partial charge in [0.15, 0.2) is 0 Å². The summed E-state index contributed by atoms with van der Waals surface area (Å²) in [6.07, 6.45) is 6.29. The molecule has 0 aliphatic carbocycles. The number of rotatable bonds is 6. The van der Waals surface area contributed by atoms with Gasteiger partial charge in [0.25, 0.3) is 0 Å². The summed E-state index contributed by atoms with van der Waals surface area (Å²) >= 11 is 0. The second kappa shape index (κ2) is 7.25. The van der Waals surface area contributed by atoms with Gasteiger partial charge < -0.3 is 15.4 Å². The summed E-state index contributed by atoms with van der Waals surface area (Å²) in [5, 5.41) is 6.54. The van der Waals surface area contributed by atoms with Crippen LogP contribution in [0.5, 0.6) is 0 Å². The van der Waals surface area contributed by atoms with Crippen LogP contribution in [0.25, 0.3) is 0 Å². The Hall–Kier alpha value is -0.610. The van der Waals surface area contributed by atoms with Crippen LogP contribution >= 0.6 is 0 Å². The summed E-state index contributed by atoms with van der Waals surface area (Å²) in [4.78, 5) is 12.5. The summed E-state index contributed by atoms with van der Waals surface area (Å²) in [6, 6.07) is 0. The van der Waals surface area contributed by atoms with Gasteiger partial charge in [-0.3, -0.25) is 4.79 Å². The van der Waals surface area contributed by atoms with Crippen molar-refractivity contribution in [1.29, 1.82) is 0 Å². The van der Waals surface area contributed by atoms with E-state index in [9.17, 15) is 4.79 Å². The summed E-state index contributed by atoms with van der Waals surface area (Å²) in [7, 11) is 0. The van der Waals surface area contributed by atoms with Gasteiger partial charge in [-0.15, -0.1) is 0 Å². The second-order valence-electron chi connectivity index (χ2n) is 6.05. The van der Waals surface area contributed by atoms with Crippen LogP contribution in [0.15, 0.2) is 0 Å². The van der Waals surface area contributed by atoms with E-state index in [1.807, 2.05) is 0 Å². The number of hydrogen-bond acceptors (Lipinski definition) is 3. The van der Waals surface area contributed by atoms with E-state index in [1.165, 1.54) is 0 Å². The van der Waals surface area contributed by atoms with Crippen LogP contribution in [0.4, 0.5) is 0 Å². The van der Waals surface area contributed by atoms with Crippen molar-refractivity contribution < 1.29 is 9.53 Å². The minimum atomic E-state index is -0.105. The molecular weight excluding hydrogens is 240 g/mol. The summed E-state index contributed by atoms with van der Waals surface area (Å²) in [5.74, 6) is 0.935. The largest absolute Gasteiger partial charge is 0.381 e. The molecule has 1 atom stereocenters. The molecule has 2 fully saturated rings. The number of nitrogens with one attached hydrogen (secondary N) is 2. The molecule has 1 amide bonds. The van der Waals surface area contributed by atoms with Crippen molar-refractivity contribution in [1.82, 2.24) is 10.6 Å². The molecule has 0 spiro atoms. The Morgan fingerprint density at radius 3 is 2.84 bits per heavy atom. The molecule has 0 bridgehead atoms. The lowest BCUT2D eigenvalue weighted by molar-refractivity contribution is -0.133. The zero-order chi connectivity index (χ0) is 13.6. The van der Waals surface area contributed by atoms with Gasteiger partial charge in [-0.05, 0) is 51.1 Å². The van der Waals surface area contributed by atoms with Crippen molar-refractivity contribution in [2.45, 2.75) is 45.4 Å². The van der Waals surface area contributed by atoms with E-state index >= 15 is 0 Å². The minimum Gasteiger partial charge on any atom is -0.381 e. The molecule has 0 aromatic rings. The molecule has 110 valence electrons. The highest BCUT2D eigenvalue weighted by Gasteiger charge is 2.38. The molecule has 0 radical (unpaired) electrons. The molecule has 4 nitrogen and oxygen atoms in total. The Morgan fingerprint density at radius 2 is 2.21 bits per heavy atom. The smallest absolute Gasteiger partial charge is 0.226 e. The van der Waals surface area contributed by atoms with Crippen LogP contribution in [0.2, 0.25) is 0 Å². The van der Waals surface area contributed by atoms with Gasteiger partial charge in [0.05, 0.1) is 5.41 Å². The normalized spacial score (nSPS) is 26.3. The van der Waals surface area contributed by atoms with Gasteiger partial charge in [0.2, 0.25) is 5.91 Å². The van der Waals surface area contributed by atoms with Crippen LogP contribution in [0.1, 0.15) is 45.4 Å². The molecule has 19 heavy (non-hydrogen) atoms. The Morgan fingerprint density at radius 1 is 1.42 bits per heavy atom. The third-order valence-corrected chi connectivity index (χ3v) is 4.63. The van der Waals surface area contributed by atoms with E-state index in [-0.39, 0.29) is 11.3 Å². The molecule has 2 N–H and O–H groups in total. The quantitative estimate of drug-likeness (QED) is 0.771. The van der Waals surface area contributed by atoms with E-state index in [0.29, 0.717) is 5.92 Å². The van der Waals surface area contributed by atoms with E-state index in [0.717, 1.165) is 71.4 Å². The SMILES string of the molecule is CCCC1(C(=O)NCCC2CCOC2)CCNCC1. The topological polar surface area (TPSA) is 50.4 Å². The maximum atomic E-state index is 12.5. The van der Waals surface area contributed by atoms with Crippen molar-refractivity contribution in [3.8, 4) is 0 Å². The van der Waals surface area contributed by atoms with Gasteiger partial charge in [-0.1, -0.05) is 13.3 Å². The van der Waals surface area contributed by atoms with E-state index in [1.54, 1.807) is 0 Å². The number of carbonyl (C=O) groups excluding carboxylic acids is 1. The predicted octanol–water partition coefficient (Wildman–Crippen LogP) is 1.70. The number of hydrogen-bond donors (Lipinski definition) is 2. The summed E-state index contributed by atoms with van der Waals surface area (Å²) in [5.41, 5.74) is -0.105. The first-order valence-electron chi connectivity index (χ1n) is 7.83. The first-order valence-corrected chi connectivity index (χ1v) is 7.83. The molecule has 0 saturated carbocycles. The highest BCUT2D eigenvalue weighted by atomic mass is 16.5. The van der Waals surface area contributed by atoms with Gasteiger partial charge in [0, 0.05) is 19.8 Å². The third-order valence-electron chi connectivity index (χ3n) is 4.63. The van der Waals surface area contributed by atoms with Crippen LogP contribution in [-0.4, -0.2) is 38.8 Å². The van der Waals surface area contributed by atoms with Gasteiger partial charge >= 0.3 is 0 Å². The standard InChI is InChI=1S/C15H28N2O2/c1-2-5-15(6-9-16-10-7-15)14(18)17-8-3-13-4-11-19-12-13/h13,16H,2-12H2,1H3,(H,17,18).